The van der Waals surface area contributed by atoms with Crippen LogP contribution in [0.2, 0.25) is 10.0 Å². The molecule has 0 aliphatic heterocycles. The molecule has 90 valence electrons. The SMILES string of the molecule is CCc1cnn(CCc2ccc(Cl)cc2Cl)n1. The van der Waals surface area contributed by atoms with Crippen LogP contribution < -0.4 is 0 Å². The first kappa shape index (κ1) is 12.4. The van der Waals surface area contributed by atoms with E-state index in [2.05, 4.69) is 17.1 Å². The highest BCUT2D eigenvalue weighted by molar-refractivity contribution is 6.35. The topological polar surface area (TPSA) is 30.7 Å². The van der Waals surface area contributed by atoms with Crippen LogP contribution in [0.3, 0.4) is 0 Å². The van der Waals surface area contributed by atoms with Gasteiger partial charge in [-0.25, -0.2) is 0 Å². The lowest BCUT2D eigenvalue weighted by Crippen LogP contribution is -2.05. The fourth-order valence-electron chi connectivity index (χ4n) is 1.55. The Kier molecular flexibility index (Phi) is 4.02. The Labute approximate surface area is 110 Å². The second-order valence-electron chi connectivity index (χ2n) is 3.77. The van der Waals surface area contributed by atoms with Crippen molar-refractivity contribution in [2.24, 2.45) is 0 Å². The van der Waals surface area contributed by atoms with E-state index in [0.717, 1.165) is 30.6 Å². The van der Waals surface area contributed by atoms with Gasteiger partial charge in [-0.3, -0.25) is 0 Å². The minimum Gasteiger partial charge on any atom is -0.184 e. The van der Waals surface area contributed by atoms with Gasteiger partial charge in [0.1, 0.15) is 0 Å². The fraction of sp³-hybridized carbons (Fsp3) is 0.333. The molecule has 0 radical (unpaired) electrons. The summed E-state index contributed by atoms with van der Waals surface area (Å²) in [4.78, 5) is 1.70. The number of nitrogens with zero attached hydrogens (tertiary/aromatic N) is 3. The highest BCUT2D eigenvalue weighted by Crippen LogP contribution is 2.21. The molecule has 2 rings (SSSR count). The monoisotopic (exact) mass is 269 g/mol. The van der Waals surface area contributed by atoms with Crippen molar-refractivity contribution in [2.75, 3.05) is 0 Å². The maximum absolute atomic E-state index is 6.09. The Morgan fingerprint density at radius 3 is 2.76 bits per heavy atom. The lowest BCUT2D eigenvalue weighted by atomic mass is 10.1. The van der Waals surface area contributed by atoms with Crippen molar-refractivity contribution in [3.63, 3.8) is 0 Å². The van der Waals surface area contributed by atoms with Crippen molar-refractivity contribution in [2.45, 2.75) is 26.3 Å². The first-order valence-electron chi connectivity index (χ1n) is 5.52. The fourth-order valence-corrected chi connectivity index (χ4v) is 2.05. The summed E-state index contributed by atoms with van der Waals surface area (Å²) in [5, 5.41) is 9.86. The van der Waals surface area contributed by atoms with Gasteiger partial charge >= 0.3 is 0 Å². The maximum Gasteiger partial charge on any atom is 0.0824 e. The number of rotatable bonds is 4. The van der Waals surface area contributed by atoms with Gasteiger partial charge in [-0.05, 0) is 30.5 Å². The molecule has 17 heavy (non-hydrogen) atoms. The molecular weight excluding hydrogens is 257 g/mol. The highest BCUT2D eigenvalue weighted by Gasteiger charge is 2.03. The van der Waals surface area contributed by atoms with Crippen LogP contribution in [0.4, 0.5) is 0 Å². The normalized spacial score (nSPS) is 10.8. The van der Waals surface area contributed by atoms with E-state index in [0.29, 0.717) is 10.0 Å². The van der Waals surface area contributed by atoms with Crippen molar-refractivity contribution >= 4 is 23.2 Å². The lowest BCUT2D eigenvalue weighted by Gasteiger charge is -2.04. The van der Waals surface area contributed by atoms with E-state index in [9.17, 15) is 0 Å². The number of benzene rings is 1. The molecule has 0 N–H and O–H groups in total. The Hall–Kier alpha value is -1.06. The van der Waals surface area contributed by atoms with Crippen LogP contribution in [0.25, 0.3) is 0 Å². The molecule has 0 aliphatic carbocycles. The first-order chi connectivity index (χ1) is 8.19. The molecule has 0 aliphatic rings. The third-order valence-electron chi connectivity index (χ3n) is 2.54. The minimum absolute atomic E-state index is 0.657. The average molecular weight is 270 g/mol. The molecule has 0 amide bonds. The van der Waals surface area contributed by atoms with Crippen molar-refractivity contribution in [3.8, 4) is 0 Å². The van der Waals surface area contributed by atoms with Gasteiger partial charge in [0.05, 0.1) is 18.4 Å². The van der Waals surface area contributed by atoms with Gasteiger partial charge in [0.25, 0.3) is 0 Å². The lowest BCUT2D eigenvalue weighted by molar-refractivity contribution is 0.533. The summed E-state index contributed by atoms with van der Waals surface area (Å²) in [5.41, 5.74) is 2.07. The van der Waals surface area contributed by atoms with Gasteiger partial charge in [-0.15, -0.1) is 0 Å². The number of aromatic nitrogens is 3. The zero-order chi connectivity index (χ0) is 12.3. The van der Waals surface area contributed by atoms with Crippen LogP contribution in [-0.2, 0) is 19.4 Å². The molecular formula is C12H13Cl2N3. The molecule has 3 nitrogen and oxygen atoms in total. The van der Waals surface area contributed by atoms with E-state index in [1.165, 1.54) is 0 Å². The summed E-state index contributed by atoms with van der Waals surface area (Å²) >= 11 is 11.9. The van der Waals surface area contributed by atoms with E-state index >= 15 is 0 Å². The molecule has 5 heteroatoms. The number of hydrogen-bond acceptors (Lipinski definition) is 2. The first-order valence-corrected chi connectivity index (χ1v) is 6.27. The second-order valence-corrected chi connectivity index (χ2v) is 4.61. The Morgan fingerprint density at radius 2 is 2.12 bits per heavy atom. The van der Waals surface area contributed by atoms with E-state index in [1.54, 1.807) is 17.1 Å². The molecule has 1 aromatic carbocycles. The van der Waals surface area contributed by atoms with Gasteiger partial charge in [-0.2, -0.15) is 15.0 Å². The van der Waals surface area contributed by atoms with Gasteiger partial charge < -0.3 is 0 Å². The molecule has 0 spiro atoms. The molecule has 0 atom stereocenters. The maximum atomic E-state index is 6.09. The third-order valence-corrected chi connectivity index (χ3v) is 3.13. The standard InChI is InChI=1S/C12H13Cl2N3/c1-2-11-8-15-17(16-11)6-5-9-3-4-10(13)7-12(9)14/h3-4,7-8H,2,5-6H2,1H3. The summed E-state index contributed by atoms with van der Waals surface area (Å²) in [6.45, 7) is 2.78. The predicted molar refractivity (Wildman–Crippen MR) is 69.6 cm³/mol. The largest absolute Gasteiger partial charge is 0.184 e. The molecule has 1 heterocycles. The van der Waals surface area contributed by atoms with Gasteiger partial charge in [0, 0.05) is 10.0 Å². The number of halogens is 2. The summed E-state index contributed by atoms with van der Waals surface area (Å²) in [7, 11) is 0. The molecule has 0 unspecified atom stereocenters. The van der Waals surface area contributed by atoms with Gasteiger partial charge in [0.2, 0.25) is 0 Å². The van der Waals surface area contributed by atoms with Crippen molar-refractivity contribution in [3.05, 3.63) is 45.7 Å². The molecule has 0 bridgehead atoms. The van der Waals surface area contributed by atoms with Crippen LogP contribution >= 0.6 is 23.2 Å². The average Bonchev–Trinajstić information content (AvgIpc) is 2.76. The smallest absolute Gasteiger partial charge is 0.0824 e. The summed E-state index contributed by atoms with van der Waals surface area (Å²) < 4.78 is 0. The van der Waals surface area contributed by atoms with Crippen LogP contribution in [0.5, 0.6) is 0 Å². The van der Waals surface area contributed by atoms with Crippen molar-refractivity contribution in [1.29, 1.82) is 0 Å². The summed E-state index contributed by atoms with van der Waals surface area (Å²) in [6, 6.07) is 5.54. The Balaban J connectivity index is 2.02. The van der Waals surface area contributed by atoms with Crippen LogP contribution in [0.15, 0.2) is 24.4 Å². The van der Waals surface area contributed by atoms with Crippen molar-refractivity contribution < 1.29 is 0 Å². The van der Waals surface area contributed by atoms with E-state index in [4.69, 9.17) is 23.2 Å². The minimum atomic E-state index is 0.657. The zero-order valence-corrected chi connectivity index (χ0v) is 11.0. The van der Waals surface area contributed by atoms with Gasteiger partial charge in [0.15, 0.2) is 0 Å². The summed E-state index contributed by atoms with van der Waals surface area (Å²) in [6.07, 6.45) is 3.50. The molecule has 0 saturated heterocycles. The van der Waals surface area contributed by atoms with Crippen LogP contribution in [0.1, 0.15) is 18.2 Å². The van der Waals surface area contributed by atoms with Crippen molar-refractivity contribution in [1.82, 2.24) is 15.0 Å². The molecule has 0 saturated carbocycles. The number of hydrogen-bond donors (Lipinski definition) is 0. The van der Waals surface area contributed by atoms with E-state index < -0.39 is 0 Å². The summed E-state index contributed by atoms with van der Waals surface area (Å²) in [5.74, 6) is 0. The third kappa shape index (κ3) is 3.20. The number of aryl methyl sites for hydroxylation is 3. The van der Waals surface area contributed by atoms with Crippen LogP contribution in [0, 0.1) is 0 Å². The van der Waals surface area contributed by atoms with E-state index in [-0.39, 0.29) is 0 Å². The molecule has 2 aromatic rings. The Morgan fingerprint density at radius 1 is 1.29 bits per heavy atom. The second kappa shape index (κ2) is 5.52. The molecule has 0 fully saturated rings. The van der Waals surface area contributed by atoms with E-state index in [1.807, 2.05) is 12.1 Å². The van der Waals surface area contributed by atoms with Gasteiger partial charge in [-0.1, -0.05) is 36.2 Å². The predicted octanol–water partition coefficient (Wildman–Crippen LogP) is 3.39. The molecule has 1 aromatic heterocycles. The quantitative estimate of drug-likeness (QED) is 0.852. The Bertz CT molecular complexity index is 508. The highest BCUT2D eigenvalue weighted by atomic mass is 35.5. The van der Waals surface area contributed by atoms with Crippen LogP contribution in [-0.4, -0.2) is 15.0 Å². The zero-order valence-electron chi connectivity index (χ0n) is 9.53.